The van der Waals surface area contributed by atoms with Gasteiger partial charge in [0.25, 0.3) is 0 Å². The van der Waals surface area contributed by atoms with E-state index in [1.54, 1.807) is 6.92 Å². The highest BCUT2D eigenvalue weighted by molar-refractivity contribution is 5.76. The lowest BCUT2D eigenvalue weighted by atomic mass is 10.4. The lowest BCUT2D eigenvalue weighted by molar-refractivity contribution is -0.136. The molecule has 0 amide bonds. The summed E-state index contributed by atoms with van der Waals surface area (Å²) in [5.74, 6) is -1.19. The fraction of sp³-hybridized carbons (Fsp3) is 0.400. The van der Waals surface area contributed by atoms with E-state index in [9.17, 15) is 9.18 Å². The van der Waals surface area contributed by atoms with Crippen LogP contribution in [0.5, 0.6) is 6.01 Å². The highest BCUT2D eigenvalue weighted by atomic mass is 19.1. The maximum absolute atomic E-state index is 13.1. The number of esters is 1. The summed E-state index contributed by atoms with van der Waals surface area (Å²) in [5, 5.41) is 0. The molecular formula is C10H10FN3O2. The number of halogens is 1. The molecule has 0 spiro atoms. The van der Waals surface area contributed by atoms with Gasteiger partial charge in [0.1, 0.15) is 0 Å². The average Bonchev–Trinajstić information content (AvgIpc) is 3.07. The van der Waals surface area contributed by atoms with Crippen molar-refractivity contribution in [2.45, 2.75) is 19.8 Å². The van der Waals surface area contributed by atoms with E-state index in [1.165, 1.54) is 6.21 Å². The maximum Gasteiger partial charge on any atom is 0.326 e. The van der Waals surface area contributed by atoms with Crippen molar-refractivity contribution in [1.29, 1.82) is 0 Å². The number of aliphatic imine (C=N–C) groups is 1. The summed E-state index contributed by atoms with van der Waals surface area (Å²) in [6.45, 7) is 1.64. The molecule has 0 radical (unpaired) electrons. The Morgan fingerprint density at radius 3 is 3.06 bits per heavy atom. The topological polar surface area (TPSA) is 64.4 Å². The first kappa shape index (κ1) is 10.7. The van der Waals surface area contributed by atoms with Crippen molar-refractivity contribution in [2.24, 2.45) is 10.9 Å². The molecule has 16 heavy (non-hydrogen) atoms. The van der Waals surface area contributed by atoms with Gasteiger partial charge in [-0.15, -0.1) is 0 Å². The van der Waals surface area contributed by atoms with E-state index in [2.05, 4.69) is 15.0 Å². The largest absolute Gasteiger partial charge is 0.391 e. The van der Waals surface area contributed by atoms with E-state index >= 15 is 0 Å². The highest BCUT2D eigenvalue weighted by Crippen LogP contribution is 2.30. The molecule has 1 fully saturated rings. The van der Waals surface area contributed by atoms with Gasteiger partial charge in [0.2, 0.25) is 0 Å². The summed E-state index contributed by atoms with van der Waals surface area (Å²) in [7, 11) is 0. The predicted molar refractivity (Wildman–Crippen MR) is 54.2 cm³/mol. The fourth-order valence-electron chi connectivity index (χ4n) is 1.10. The Balaban J connectivity index is 2.14. The lowest BCUT2D eigenvalue weighted by Gasteiger charge is -2.01. The number of hydrogen-bond donors (Lipinski definition) is 0. The molecule has 1 heterocycles. The zero-order valence-corrected chi connectivity index (χ0v) is 8.68. The fourth-order valence-corrected chi connectivity index (χ4v) is 1.10. The smallest absolute Gasteiger partial charge is 0.326 e. The lowest BCUT2D eigenvalue weighted by Crippen LogP contribution is -2.12. The molecule has 5 nitrogen and oxygen atoms in total. The van der Waals surface area contributed by atoms with E-state index in [0.717, 1.165) is 19.0 Å². The first-order chi connectivity index (χ1) is 7.70. The first-order valence-corrected chi connectivity index (χ1v) is 4.93. The zero-order chi connectivity index (χ0) is 11.5. The van der Waals surface area contributed by atoms with Gasteiger partial charge in [-0.2, -0.15) is 4.98 Å². The summed E-state index contributed by atoms with van der Waals surface area (Å²) in [6.07, 6.45) is 4.00. The summed E-state index contributed by atoms with van der Waals surface area (Å²) >= 11 is 0. The molecule has 0 N–H and O–H groups in total. The molecule has 1 aromatic heterocycles. The van der Waals surface area contributed by atoms with Gasteiger partial charge in [-0.1, -0.05) is 0 Å². The van der Waals surface area contributed by atoms with Crippen molar-refractivity contribution in [3.8, 4) is 6.01 Å². The number of carbonyl (C=O) groups is 1. The molecule has 1 aliphatic carbocycles. The van der Waals surface area contributed by atoms with Crippen molar-refractivity contribution < 1.29 is 13.9 Å². The van der Waals surface area contributed by atoms with Crippen LogP contribution in [0.15, 0.2) is 11.2 Å². The number of ether oxygens (including phenoxy) is 1. The molecule has 0 aliphatic heterocycles. The van der Waals surface area contributed by atoms with Crippen molar-refractivity contribution in [3.05, 3.63) is 12.0 Å². The van der Waals surface area contributed by atoms with Crippen LogP contribution in [-0.2, 0) is 4.79 Å². The number of nitrogens with zero attached hydrogens (tertiary/aromatic N) is 3. The van der Waals surface area contributed by atoms with Crippen LogP contribution in [0.25, 0.3) is 0 Å². The molecule has 84 valence electrons. The van der Waals surface area contributed by atoms with Crippen LogP contribution < -0.4 is 4.74 Å². The third-order valence-electron chi connectivity index (χ3n) is 2.06. The molecule has 0 bridgehead atoms. The van der Waals surface area contributed by atoms with Crippen molar-refractivity contribution >= 4 is 18.0 Å². The second-order valence-corrected chi connectivity index (χ2v) is 3.41. The van der Waals surface area contributed by atoms with Crippen molar-refractivity contribution in [2.75, 3.05) is 0 Å². The second kappa shape index (κ2) is 4.34. The van der Waals surface area contributed by atoms with Gasteiger partial charge in [-0.05, 0) is 19.8 Å². The maximum atomic E-state index is 13.1. The van der Waals surface area contributed by atoms with Gasteiger partial charge in [0, 0.05) is 6.21 Å². The Morgan fingerprint density at radius 1 is 1.69 bits per heavy atom. The molecule has 0 aromatic carbocycles. The highest BCUT2D eigenvalue weighted by Gasteiger charge is 2.32. The Labute approximate surface area is 91.4 Å². The van der Waals surface area contributed by atoms with E-state index in [0.29, 0.717) is 0 Å². The third-order valence-corrected chi connectivity index (χ3v) is 2.06. The first-order valence-electron chi connectivity index (χ1n) is 4.93. The molecule has 0 unspecified atom stereocenters. The van der Waals surface area contributed by atoms with E-state index < -0.39 is 5.82 Å². The molecule has 1 saturated carbocycles. The normalized spacial score (nSPS) is 15.4. The van der Waals surface area contributed by atoms with Crippen LogP contribution in [-0.4, -0.2) is 22.2 Å². The molecule has 0 saturated heterocycles. The Bertz CT molecular complexity index is 444. The van der Waals surface area contributed by atoms with E-state index in [1.807, 2.05) is 0 Å². The Kier molecular flexibility index (Phi) is 2.89. The minimum absolute atomic E-state index is 0.0493. The molecule has 0 atom stereocenters. The molecule has 6 heteroatoms. The summed E-state index contributed by atoms with van der Waals surface area (Å²) < 4.78 is 18.0. The average molecular weight is 223 g/mol. The van der Waals surface area contributed by atoms with Gasteiger partial charge in [0.05, 0.1) is 12.1 Å². The molecule has 1 aromatic rings. The SMILES string of the molecule is CC=Nc1nc(OC(=O)C2CC2)ncc1F. The van der Waals surface area contributed by atoms with Crippen LogP contribution >= 0.6 is 0 Å². The predicted octanol–water partition coefficient (Wildman–Crippen LogP) is 1.65. The minimum atomic E-state index is -0.649. The Hall–Kier alpha value is -1.85. The quantitative estimate of drug-likeness (QED) is 0.577. The third kappa shape index (κ3) is 2.39. The molecule has 2 rings (SSSR count). The van der Waals surface area contributed by atoms with Crippen LogP contribution in [0.4, 0.5) is 10.2 Å². The van der Waals surface area contributed by atoms with Gasteiger partial charge in [0.15, 0.2) is 11.6 Å². The standard InChI is InChI=1S/C10H10FN3O2/c1-2-12-8-7(11)5-13-10(14-8)16-9(15)6-3-4-6/h2,5-6H,3-4H2,1H3. The molecule has 1 aliphatic rings. The number of aromatic nitrogens is 2. The summed E-state index contributed by atoms with van der Waals surface area (Å²) in [5.41, 5.74) is 0. The van der Waals surface area contributed by atoms with E-state index in [4.69, 9.17) is 4.74 Å². The van der Waals surface area contributed by atoms with Gasteiger partial charge in [-0.3, -0.25) is 4.79 Å². The zero-order valence-electron chi connectivity index (χ0n) is 8.68. The van der Waals surface area contributed by atoms with E-state index in [-0.39, 0.29) is 23.7 Å². The van der Waals surface area contributed by atoms with Gasteiger partial charge < -0.3 is 4.74 Å². The molecular weight excluding hydrogens is 213 g/mol. The Morgan fingerprint density at radius 2 is 2.44 bits per heavy atom. The summed E-state index contributed by atoms with van der Waals surface area (Å²) in [4.78, 5) is 22.2. The number of hydrogen-bond acceptors (Lipinski definition) is 5. The van der Waals surface area contributed by atoms with Gasteiger partial charge >= 0.3 is 12.0 Å². The van der Waals surface area contributed by atoms with Crippen molar-refractivity contribution in [3.63, 3.8) is 0 Å². The summed E-state index contributed by atoms with van der Waals surface area (Å²) in [6, 6.07) is -0.154. The number of carbonyl (C=O) groups excluding carboxylic acids is 1. The van der Waals surface area contributed by atoms with Crippen LogP contribution in [0.3, 0.4) is 0 Å². The van der Waals surface area contributed by atoms with Crippen LogP contribution in [0, 0.1) is 11.7 Å². The number of rotatable bonds is 3. The van der Waals surface area contributed by atoms with Crippen LogP contribution in [0.1, 0.15) is 19.8 Å². The van der Waals surface area contributed by atoms with Crippen LogP contribution in [0.2, 0.25) is 0 Å². The van der Waals surface area contributed by atoms with Gasteiger partial charge in [-0.25, -0.2) is 14.4 Å². The van der Waals surface area contributed by atoms with Crippen molar-refractivity contribution in [1.82, 2.24) is 9.97 Å². The second-order valence-electron chi connectivity index (χ2n) is 3.41. The minimum Gasteiger partial charge on any atom is -0.391 e. The monoisotopic (exact) mass is 223 g/mol.